The van der Waals surface area contributed by atoms with Crippen molar-refractivity contribution in [2.75, 3.05) is 20.2 Å². The summed E-state index contributed by atoms with van der Waals surface area (Å²) in [7, 11) is 1.52. The SMILES string of the molecule is COc1ccccc1[C@@H]1CN(C(=O)c2c[nH]c(=O)cn2)C[C@H]1C(=O)O. The molecule has 0 bridgehead atoms. The monoisotopic (exact) mass is 343 g/mol. The number of ether oxygens (including phenoxy) is 1. The fourth-order valence-electron chi connectivity index (χ4n) is 3.13. The number of carboxylic acid groups (broad SMARTS) is 1. The first-order valence-corrected chi connectivity index (χ1v) is 7.71. The number of carboxylic acids is 1. The summed E-state index contributed by atoms with van der Waals surface area (Å²) in [6, 6.07) is 7.19. The minimum absolute atomic E-state index is 0.0672. The van der Waals surface area contributed by atoms with Crippen LogP contribution in [0.25, 0.3) is 0 Å². The van der Waals surface area contributed by atoms with Gasteiger partial charge in [0.2, 0.25) is 0 Å². The Balaban J connectivity index is 1.90. The van der Waals surface area contributed by atoms with Crippen molar-refractivity contribution in [3.8, 4) is 5.75 Å². The lowest BCUT2D eigenvalue weighted by Crippen LogP contribution is -2.31. The molecule has 130 valence electrons. The number of likely N-dealkylation sites (tertiary alicyclic amines) is 1. The maximum atomic E-state index is 12.6. The van der Waals surface area contributed by atoms with Gasteiger partial charge >= 0.3 is 5.97 Å². The summed E-state index contributed by atoms with van der Waals surface area (Å²) < 4.78 is 5.33. The van der Waals surface area contributed by atoms with Crippen LogP contribution >= 0.6 is 0 Å². The molecule has 8 nitrogen and oxygen atoms in total. The highest BCUT2D eigenvalue weighted by molar-refractivity contribution is 5.92. The molecule has 2 atom stereocenters. The predicted octanol–water partition coefficient (Wildman–Crippen LogP) is 0.719. The molecule has 8 heteroatoms. The number of hydrogen-bond acceptors (Lipinski definition) is 5. The van der Waals surface area contributed by atoms with Crippen LogP contribution in [0.3, 0.4) is 0 Å². The molecule has 2 heterocycles. The molecular formula is C17H17N3O5. The lowest BCUT2D eigenvalue weighted by molar-refractivity contribution is -0.141. The molecule has 1 saturated heterocycles. The van der Waals surface area contributed by atoms with E-state index in [1.54, 1.807) is 12.1 Å². The summed E-state index contributed by atoms with van der Waals surface area (Å²) >= 11 is 0. The van der Waals surface area contributed by atoms with E-state index >= 15 is 0 Å². The van der Waals surface area contributed by atoms with Crippen LogP contribution in [-0.2, 0) is 4.79 Å². The molecule has 1 aromatic heterocycles. The average Bonchev–Trinajstić information content (AvgIpc) is 3.07. The van der Waals surface area contributed by atoms with Gasteiger partial charge in [-0.3, -0.25) is 14.4 Å². The number of H-pyrrole nitrogens is 1. The zero-order chi connectivity index (χ0) is 18.0. The van der Waals surface area contributed by atoms with Crippen molar-refractivity contribution in [2.24, 2.45) is 5.92 Å². The van der Waals surface area contributed by atoms with Crippen LogP contribution in [0.15, 0.2) is 41.5 Å². The van der Waals surface area contributed by atoms with Crippen molar-refractivity contribution in [1.82, 2.24) is 14.9 Å². The van der Waals surface area contributed by atoms with E-state index in [1.807, 2.05) is 12.1 Å². The van der Waals surface area contributed by atoms with E-state index in [1.165, 1.54) is 18.2 Å². The van der Waals surface area contributed by atoms with Gasteiger partial charge in [0, 0.05) is 25.2 Å². The predicted molar refractivity (Wildman–Crippen MR) is 87.6 cm³/mol. The number of aromatic nitrogens is 2. The lowest BCUT2D eigenvalue weighted by Gasteiger charge is -2.18. The highest BCUT2D eigenvalue weighted by Gasteiger charge is 2.42. The van der Waals surface area contributed by atoms with Crippen LogP contribution in [0.2, 0.25) is 0 Å². The molecule has 1 aliphatic rings. The molecule has 0 unspecified atom stereocenters. The number of carbonyl (C=O) groups excluding carboxylic acids is 1. The Morgan fingerprint density at radius 1 is 1.32 bits per heavy atom. The molecule has 25 heavy (non-hydrogen) atoms. The Kier molecular flexibility index (Phi) is 4.51. The summed E-state index contributed by atoms with van der Waals surface area (Å²) in [6.07, 6.45) is 2.26. The molecule has 2 N–H and O–H groups in total. The molecule has 0 aliphatic carbocycles. The van der Waals surface area contributed by atoms with Crippen molar-refractivity contribution >= 4 is 11.9 Å². The van der Waals surface area contributed by atoms with Gasteiger partial charge in [0.1, 0.15) is 11.4 Å². The zero-order valence-corrected chi connectivity index (χ0v) is 13.5. The van der Waals surface area contributed by atoms with Gasteiger partial charge in [-0.1, -0.05) is 18.2 Å². The Bertz CT molecular complexity index is 843. The standard InChI is InChI=1S/C17H17N3O5/c1-25-14-5-3-2-4-10(14)11-8-20(9-12(11)17(23)24)16(22)13-6-19-15(21)7-18-13/h2-7,11-12H,8-9H2,1H3,(H,19,21)(H,23,24)/t11-,12+/m0/s1. The number of hydrogen-bond donors (Lipinski definition) is 2. The zero-order valence-electron chi connectivity index (χ0n) is 13.5. The van der Waals surface area contributed by atoms with Gasteiger partial charge in [0.15, 0.2) is 0 Å². The van der Waals surface area contributed by atoms with Crippen molar-refractivity contribution in [1.29, 1.82) is 0 Å². The van der Waals surface area contributed by atoms with Crippen LogP contribution in [-0.4, -0.2) is 52.1 Å². The maximum Gasteiger partial charge on any atom is 0.308 e. The summed E-state index contributed by atoms with van der Waals surface area (Å²) in [5.41, 5.74) is 0.417. The molecule has 1 amide bonds. The molecule has 0 saturated carbocycles. The number of nitrogens with zero attached hydrogens (tertiary/aromatic N) is 2. The average molecular weight is 343 g/mol. The number of amides is 1. The van der Waals surface area contributed by atoms with E-state index in [0.29, 0.717) is 5.75 Å². The molecule has 1 aliphatic heterocycles. The van der Waals surface area contributed by atoms with Crippen molar-refractivity contribution in [3.63, 3.8) is 0 Å². The molecule has 1 fully saturated rings. The Hall–Kier alpha value is -3.16. The van der Waals surface area contributed by atoms with Crippen LogP contribution in [0.4, 0.5) is 0 Å². The molecule has 3 rings (SSSR count). The minimum atomic E-state index is -0.972. The van der Waals surface area contributed by atoms with E-state index in [0.717, 1.165) is 11.8 Å². The van der Waals surface area contributed by atoms with E-state index in [-0.39, 0.29) is 24.7 Å². The number of carbonyl (C=O) groups is 2. The quantitative estimate of drug-likeness (QED) is 0.846. The van der Waals surface area contributed by atoms with Gasteiger partial charge < -0.3 is 19.7 Å². The second kappa shape index (κ2) is 6.76. The van der Waals surface area contributed by atoms with Gasteiger partial charge in [-0.2, -0.15) is 0 Å². The number of para-hydroxylation sites is 1. The first kappa shape index (κ1) is 16.7. The van der Waals surface area contributed by atoms with Gasteiger partial charge in [0.25, 0.3) is 11.5 Å². The van der Waals surface area contributed by atoms with Crippen LogP contribution in [0.1, 0.15) is 22.0 Å². The summed E-state index contributed by atoms with van der Waals surface area (Å²) in [5.74, 6) is -1.93. The third kappa shape index (κ3) is 3.23. The number of nitrogens with one attached hydrogen (secondary N) is 1. The second-order valence-electron chi connectivity index (χ2n) is 5.80. The van der Waals surface area contributed by atoms with Crippen molar-refractivity contribution < 1.29 is 19.4 Å². The van der Waals surface area contributed by atoms with Gasteiger partial charge in [0.05, 0.1) is 19.2 Å². The Labute approximate surface area is 143 Å². The molecule has 1 aromatic carbocycles. The van der Waals surface area contributed by atoms with Crippen molar-refractivity contribution in [3.05, 3.63) is 58.3 Å². The fraction of sp³-hybridized carbons (Fsp3) is 0.294. The summed E-state index contributed by atoms with van der Waals surface area (Å²) in [5, 5.41) is 9.57. The second-order valence-corrected chi connectivity index (χ2v) is 5.80. The highest BCUT2D eigenvalue weighted by atomic mass is 16.5. The number of benzene rings is 1. The third-order valence-electron chi connectivity index (χ3n) is 4.35. The van der Waals surface area contributed by atoms with Gasteiger partial charge in [-0.15, -0.1) is 0 Å². The van der Waals surface area contributed by atoms with E-state index in [4.69, 9.17) is 4.74 Å². The minimum Gasteiger partial charge on any atom is -0.496 e. The topological polar surface area (TPSA) is 113 Å². The molecule has 0 spiro atoms. The first-order chi connectivity index (χ1) is 12.0. The number of methoxy groups -OCH3 is 1. The van der Waals surface area contributed by atoms with Gasteiger partial charge in [-0.05, 0) is 11.6 Å². The van der Waals surface area contributed by atoms with E-state index in [2.05, 4.69) is 9.97 Å². The highest BCUT2D eigenvalue weighted by Crippen LogP contribution is 2.37. The van der Waals surface area contributed by atoms with E-state index < -0.39 is 23.4 Å². The number of rotatable bonds is 4. The largest absolute Gasteiger partial charge is 0.496 e. The normalized spacial score (nSPS) is 19.6. The Morgan fingerprint density at radius 2 is 2.08 bits per heavy atom. The third-order valence-corrected chi connectivity index (χ3v) is 4.35. The number of aromatic amines is 1. The smallest absolute Gasteiger partial charge is 0.308 e. The summed E-state index contributed by atoms with van der Waals surface area (Å²) in [6.45, 7) is 0.300. The van der Waals surface area contributed by atoms with Crippen molar-refractivity contribution in [2.45, 2.75) is 5.92 Å². The van der Waals surface area contributed by atoms with Crippen LogP contribution in [0.5, 0.6) is 5.75 Å². The summed E-state index contributed by atoms with van der Waals surface area (Å²) in [4.78, 5) is 43.0. The first-order valence-electron chi connectivity index (χ1n) is 7.71. The van der Waals surface area contributed by atoms with Crippen LogP contribution in [0, 0.1) is 5.92 Å². The molecule has 0 radical (unpaired) electrons. The van der Waals surface area contributed by atoms with E-state index in [9.17, 15) is 19.5 Å². The maximum absolute atomic E-state index is 12.6. The lowest BCUT2D eigenvalue weighted by atomic mass is 9.88. The van der Waals surface area contributed by atoms with Gasteiger partial charge in [-0.25, -0.2) is 4.98 Å². The molecular weight excluding hydrogens is 326 g/mol. The molecule has 2 aromatic rings. The number of aliphatic carboxylic acids is 1. The Morgan fingerprint density at radius 3 is 2.72 bits per heavy atom. The fourth-order valence-corrected chi connectivity index (χ4v) is 3.13. The van der Waals surface area contributed by atoms with Crippen LogP contribution < -0.4 is 10.3 Å².